The molecule has 1 aliphatic heterocycles. The van der Waals surface area contributed by atoms with E-state index in [1.54, 1.807) is 0 Å². The Morgan fingerprint density at radius 1 is 0.929 bits per heavy atom. The SMILES string of the molecule is CCCC1CCC2C(CCC3(C)C(C(=O)CN4CCCC4)CCC23)C1CCC. The van der Waals surface area contributed by atoms with Gasteiger partial charge in [0.05, 0.1) is 6.54 Å². The summed E-state index contributed by atoms with van der Waals surface area (Å²) in [6.07, 6.45) is 16.4. The summed E-state index contributed by atoms with van der Waals surface area (Å²) in [6.45, 7) is 10.4. The standard InChI is InChI=1S/C26H45NO/c1-4-8-19-10-11-22-21(20(19)9-5-2)14-15-26(3)23(22)12-13-24(26)25(28)18-27-16-6-7-17-27/h19-24H,4-18H2,1-3H3. The van der Waals surface area contributed by atoms with Gasteiger partial charge in [0.25, 0.3) is 0 Å². The maximum absolute atomic E-state index is 13.3. The molecule has 1 heterocycles. The van der Waals surface area contributed by atoms with Gasteiger partial charge in [-0.2, -0.15) is 0 Å². The number of fused-ring (bicyclic) bond motifs is 3. The van der Waals surface area contributed by atoms with Crippen molar-refractivity contribution in [1.82, 2.24) is 4.90 Å². The Bertz CT molecular complexity index is 539. The van der Waals surface area contributed by atoms with Crippen LogP contribution in [0, 0.1) is 40.9 Å². The van der Waals surface area contributed by atoms with Gasteiger partial charge in [0.2, 0.25) is 0 Å². The van der Waals surface area contributed by atoms with Crippen molar-refractivity contribution in [3.8, 4) is 0 Å². The average molecular weight is 388 g/mol. The number of carbonyl (C=O) groups is 1. The molecule has 2 nitrogen and oxygen atoms in total. The molecule has 0 radical (unpaired) electrons. The third-order valence-corrected chi connectivity index (χ3v) is 9.77. The predicted octanol–water partition coefficient (Wildman–Crippen LogP) is 6.34. The topological polar surface area (TPSA) is 20.3 Å². The number of ketones is 1. The minimum Gasteiger partial charge on any atom is -0.298 e. The molecule has 0 aromatic carbocycles. The van der Waals surface area contributed by atoms with Gasteiger partial charge in [0.1, 0.15) is 5.78 Å². The lowest BCUT2D eigenvalue weighted by Gasteiger charge is -2.55. The molecule has 0 N–H and O–H groups in total. The van der Waals surface area contributed by atoms with Crippen molar-refractivity contribution in [3.05, 3.63) is 0 Å². The highest BCUT2D eigenvalue weighted by molar-refractivity contribution is 5.84. The van der Waals surface area contributed by atoms with Crippen LogP contribution in [0.4, 0.5) is 0 Å². The highest BCUT2D eigenvalue weighted by atomic mass is 16.1. The van der Waals surface area contributed by atoms with E-state index < -0.39 is 0 Å². The van der Waals surface area contributed by atoms with Crippen LogP contribution >= 0.6 is 0 Å². The van der Waals surface area contributed by atoms with Gasteiger partial charge in [-0.3, -0.25) is 9.69 Å². The van der Waals surface area contributed by atoms with E-state index in [1.165, 1.54) is 77.0 Å². The summed E-state index contributed by atoms with van der Waals surface area (Å²) in [6, 6.07) is 0. The molecule has 4 fully saturated rings. The van der Waals surface area contributed by atoms with Gasteiger partial charge in [-0.25, -0.2) is 0 Å². The first kappa shape index (κ1) is 20.9. The van der Waals surface area contributed by atoms with Crippen LogP contribution < -0.4 is 0 Å². The zero-order valence-electron chi connectivity index (χ0n) is 18.9. The molecule has 160 valence electrons. The summed E-state index contributed by atoms with van der Waals surface area (Å²) in [5.74, 6) is 5.65. The molecular weight excluding hydrogens is 342 g/mol. The fourth-order valence-electron chi connectivity index (χ4n) is 8.55. The maximum Gasteiger partial charge on any atom is 0.150 e. The molecule has 7 atom stereocenters. The third-order valence-electron chi connectivity index (χ3n) is 9.77. The van der Waals surface area contributed by atoms with Gasteiger partial charge in [-0.1, -0.05) is 46.5 Å². The zero-order chi connectivity index (χ0) is 19.7. The van der Waals surface area contributed by atoms with Crippen LogP contribution in [-0.2, 0) is 4.79 Å². The lowest BCUT2D eigenvalue weighted by Crippen LogP contribution is -2.49. The number of Topliss-reactive ketones (excluding diaryl/α,β-unsaturated/α-hetero) is 1. The number of hydrogen-bond donors (Lipinski definition) is 0. The lowest BCUT2D eigenvalue weighted by atomic mass is 9.50. The minimum absolute atomic E-state index is 0.312. The molecule has 0 bridgehead atoms. The largest absolute Gasteiger partial charge is 0.298 e. The lowest BCUT2D eigenvalue weighted by molar-refractivity contribution is -0.131. The predicted molar refractivity (Wildman–Crippen MR) is 117 cm³/mol. The molecular formula is C26H45NO. The van der Waals surface area contributed by atoms with E-state index in [1.807, 2.05) is 0 Å². The van der Waals surface area contributed by atoms with Crippen molar-refractivity contribution in [3.63, 3.8) is 0 Å². The monoisotopic (exact) mass is 387 g/mol. The molecule has 4 aliphatic rings. The van der Waals surface area contributed by atoms with E-state index >= 15 is 0 Å². The number of nitrogens with zero attached hydrogens (tertiary/aromatic N) is 1. The molecule has 0 spiro atoms. The second-order valence-corrected chi connectivity index (χ2v) is 11.1. The van der Waals surface area contributed by atoms with Crippen molar-refractivity contribution >= 4 is 5.78 Å². The molecule has 1 saturated heterocycles. The summed E-state index contributed by atoms with van der Waals surface area (Å²) in [5.41, 5.74) is 0.312. The van der Waals surface area contributed by atoms with E-state index in [4.69, 9.17) is 0 Å². The van der Waals surface area contributed by atoms with Crippen molar-refractivity contribution in [2.75, 3.05) is 19.6 Å². The number of rotatable bonds is 7. The Morgan fingerprint density at radius 2 is 1.68 bits per heavy atom. The molecule has 7 unspecified atom stereocenters. The highest BCUT2D eigenvalue weighted by Crippen LogP contribution is 2.63. The van der Waals surface area contributed by atoms with Gasteiger partial charge in [0, 0.05) is 5.92 Å². The van der Waals surface area contributed by atoms with Crippen molar-refractivity contribution in [2.24, 2.45) is 40.9 Å². The second kappa shape index (κ2) is 8.78. The fraction of sp³-hybridized carbons (Fsp3) is 0.962. The first-order chi connectivity index (χ1) is 13.6. The molecule has 4 rings (SSSR count). The van der Waals surface area contributed by atoms with E-state index in [9.17, 15) is 4.79 Å². The summed E-state index contributed by atoms with van der Waals surface area (Å²) in [7, 11) is 0. The van der Waals surface area contributed by atoms with E-state index in [2.05, 4.69) is 25.7 Å². The molecule has 0 aromatic heterocycles. The van der Waals surface area contributed by atoms with Crippen LogP contribution in [0.15, 0.2) is 0 Å². The average Bonchev–Trinajstić information content (AvgIpc) is 3.30. The van der Waals surface area contributed by atoms with E-state index in [0.717, 1.165) is 49.2 Å². The van der Waals surface area contributed by atoms with Gasteiger partial charge in [0.15, 0.2) is 0 Å². The molecule has 3 saturated carbocycles. The Kier molecular flexibility index (Phi) is 6.55. The van der Waals surface area contributed by atoms with Crippen LogP contribution in [0.2, 0.25) is 0 Å². The molecule has 0 aromatic rings. The van der Waals surface area contributed by atoms with Crippen LogP contribution in [0.5, 0.6) is 0 Å². The molecule has 3 aliphatic carbocycles. The summed E-state index contributed by atoms with van der Waals surface area (Å²) in [4.78, 5) is 15.7. The van der Waals surface area contributed by atoms with Crippen molar-refractivity contribution in [2.45, 2.75) is 97.8 Å². The Hall–Kier alpha value is -0.370. The zero-order valence-corrected chi connectivity index (χ0v) is 18.9. The molecule has 28 heavy (non-hydrogen) atoms. The van der Waals surface area contributed by atoms with Crippen LogP contribution in [0.1, 0.15) is 97.8 Å². The fourth-order valence-corrected chi connectivity index (χ4v) is 8.55. The van der Waals surface area contributed by atoms with Gasteiger partial charge in [-0.15, -0.1) is 0 Å². The summed E-state index contributed by atoms with van der Waals surface area (Å²) >= 11 is 0. The highest BCUT2D eigenvalue weighted by Gasteiger charge is 2.57. The quantitative estimate of drug-likeness (QED) is 0.508. The Balaban J connectivity index is 1.47. The summed E-state index contributed by atoms with van der Waals surface area (Å²) < 4.78 is 0. The van der Waals surface area contributed by atoms with E-state index in [0.29, 0.717) is 17.1 Å². The number of hydrogen-bond acceptors (Lipinski definition) is 2. The van der Waals surface area contributed by atoms with Crippen LogP contribution in [0.25, 0.3) is 0 Å². The Morgan fingerprint density at radius 3 is 2.39 bits per heavy atom. The maximum atomic E-state index is 13.3. The number of likely N-dealkylation sites (tertiary alicyclic amines) is 1. The first-order valence-corrected chi connectivity index (χ1v) is 12.8. The molecule has 2 heteroatoms. The number of carbonyl (C=O) groups excluding carboxylic acids is 1. The smallest absolute Gasteiger partial charge is 0.150 e. The Labute approximate surface area is 174 Å². The second-order valence-electron chi connectivity index (χ2n) is 11.1. The van der Waals surface area contributed by atoms with E-state index in [-0.39, 0.29) is 0 Å². The summed E-state index contributed by atoms with van der Waals surface area (Å²) in [5, 5.41) is 0. The molecule has 0 amide bonds. The minimum atomic E-state index is 0.312. The normalized spacial score (nSPS) is 43.7. The third kappa shape index (κ3) is 3.72. The van der Waals surface area contributed by atoms with Gasteiger partial charge >= 0.3 is 0 Å². The van der Waals surface area contributed by atoms with Gasteiger partial charge in [-0.05, 0) is 99.5 Å². The van der Waals surface area contributed by atoms with Gasteiger partial charge < -0.3 is 0 Å². The van der Waals surface area contributed by atoms with Crippen molar-refractivity contribution < 1.29 is 4.79 Å². The van der Waals surface area contributed by atoms with Crippen LogP contribution in [0.3, 0.4) is 0 Å². The first-order valence-electron chi connectivity index (χ1n) is 12.8. The van der Waals surface area contributed by atoms with Crippen LogP contribution in [-0.4, -0.2) is 30.3 Å². The van der Waals surface area contributed by atoms with Crippen molar-refractivity contribution in [1.29, 1.82) is 0 Å².